The first-order valence-corrected chi connectivity index (χ1v) is 12.4. The van der Waals surface area contributed by atoms with Crippen molar-refractivity contribution in [3.05, 3.63) is 89.5 Å². The van der Waals surface area contributed by atoms with E-state index in [0.717, 1.165) is 16.7 Å². The second kappa shape index (κ2) is 10.3. The molecule has 1 atom stereocenters. The van der Waals surface area contributed by atoms with E-state index in [0.29, 0.717) is 55.4 Å². The van der Waals surface area contributed by atoms with Gasteiger partial charge in [-0.1, -0.05) is 18.2 Å². The van der Waals surface area contributed by atoms with Crippen molar-refractivity contribution in [1.82, 2.24) is 35.4 Å². The molecule has 5 heterocycles. The zero-order valence-corrected chi connectivity index (χ0v) is 20.5. The lowest BCUT2D eigenvalue weighted by Crippen LogP contribution is -2.42. The minimum atomic E-state index is -0.316. The molecule has 0 radical (unpaired) electrons. The number of aromatic nitrogens is 5. The molecular weight excluding hydrogens is 486 g/mol. The van der Waals surface area contributed by atoms with Crippen LogP contribution in [0.1, 0.15) is 39.5 Å². The van der Waals surface area contributed by atoms with Gasteiger partial charge in [-0.2, -0.15) is 0 Å². The quantitative estimate of drug-likeness (QED) is 0.435. The van der Waals surface area contributed by atoms with Crippen molar-refractivity contribution in [2.75, 3.05) is 19.7 Å². The van der Waals surface area contributed by atoms with E-state index in [1.165, 1.54) is 17.2 Å². The minimum Gasteiger partial charge on any atom is -0.494 e. The summed E-state index contributed by atoms with van der Waals surface area (Å²) < 4.78 is 13.5. The molecule has 4 aromatic rings. The third kappa shape index (κ3) is 4.90. The van der Waals surface area contributed by atoms with E-state index in [4.69, 9.17) is 9.47 Å². The van der Waals surface area contributed by atoms with Crippen LogP contribution in [0.5, 0.6) is 17.2 Å². The van der Waals surface area contributed by atoms with Crippen molar-refractivity contribution < 1.29 is 19.1 Å². The number of carbonyl (C=O) groups is 2. The summed E-state index contributed by atoms with van der Waals surface area (Å²) in [7, 11) is 0. The SMILES string of the molecule is O=C1NCCCOc2cccc(c2)C2c3ccc(cc3CCN2C(=O)Cn2cnnn2)Oc2cncc1c2. The number of nitrogens with one attached hydrogen (secondary N) is 1. The Labute approximate surface area is 218 Å². The van der Waals surface area contributed by atoms with E-state index >= 15 is 0 Å². The predicted molar refractivity (Wildman–Crippen MR) is 135 cm³/mol. The van der Waals surface area contributed by atoms with Gasteiger partial charge < -0.3 is 19.7 Å². The van der Waals surface area contributed by atoms with Crippen LogP contribution < -0.4 is 14.8 Å². The van der Waals surface area contributed by atoms with E-state index < -0.39 is 0 Å². The second-order valence-corrected chi connectivity index (χ2v) is 9.15. The van der Waals surface area contributed by atoms with Gasteiger partial charge in [-0.15, -0.1) is 5.10 Å². The summed E-state index contributed by atoms with van der Waals surface area (Å²) in [5.74, 6) is 1.51. The predicted octanol–water partition coefficient (Wildman–Crippen LogP) is 2.55. The van der Waals surface area contributed by atoms with E-state index in [2.05, 4.69) is 25.8 Å². The Balaban J connectivity index is 1.40. The number of fused-ring (bicyclic) bond motifs is 6. The Morgan fingerprint density at radius 3 is 2.92 bits per heavy atom. The highest BCUT2D eigenvalue weighted by molar-refractivity contribution is 5.94. The molecule has 0 saturated heterocycles. The molecule has 3 aliphatic rings. The van der Waals surface area contributed by atoms with E-state index in [1.807, 2.05) is 47.4 Å². The van der Waals surface area contributed by atoms with Crippen LogP contribution in [0.2, 0.25) is 0 Å². The van der Waals surface area contributed by atoms with Crippen molar-refractivity contribution >= 4 is 11.8 Å². The Kier molecular flexibility index (Phi) is 6.39. The highest BCUT2D eigenvalue weighted by Gasteiger charge is 2.33. The maximum absolute atomic E-state index is 13.4. The molecule has 0 spiro atoms. The van der Waals surface area contributed by atoms with E-state index in [1.54, 1.807) is 12.3 Å². The van der Waals surface area contributed by atoms with Crippen molar-refractivity contribution in [2.24, 2.45) is 0 Å². The summed E-state index contributed by atoms with van der Waals surface area (Å²) in [6, 6.07) is 15.0. The normalized spacial score (nSPS) is 17.0. The minimum absolute atomic E-state index is 0.0469. The van der Waals surface area contributed by atoms with Crippen LogP contribution in [0.4, 0.5) is 0 Å². The number of hydrogen-bond donors (Lipinski definition) is 1. The van der Waals surface area contributed by atoms with Crippen molar-refractivity contribution in [3.8, 4) is 17.2 Å². The van der Waals surface area contributed by atoms with Gasteiger partial charge in [-0.25, -0.2) is 4.68 Å². The highest BCUT2D eigenvalue weighted by Crippen LogP contribution is 2.38. The number of nitrogens with zero attached hydrogens (tertiary/aromatic N) is 6. The van der Waals surface area contributed by atoms with Crippen LogP contribution >= 0.6 is 0 Å². The third-order valence-electron chi connectivity index (χ3n) is 6.61. The van der Waals surface area contributed by atoms with Gasteiger partial charge in [0.25, 0.3) is 5.91 Å². The first-order valence-electron chi connectivity index (χ1n) is 12.4. The molecule has 1 unspecified atom stereocenters. The van der Waals surface area contributed by atoms with Gasteiger partial charge in [0.1, 0.15) is 30.1 Å². The van der Waals surface area contributed by atoms with Crippen molar-refractivity contribution in [2.45, 2.75) is 25.4 Å². The molecule has 192 valence electrons. The third-order valence-corrected chi connectivity index (χ3v) is 6.61. The van der Waals surface area contributed by atoms with Gasteiger partial charge in [-0.05, 0) is 70.3 Å². The summed E-state index contributed by atoms with van der Waals surface area (Å²) in [4.78, 5) is 32.1. The zero-order valence-electron chi connectivity index (χ0n) is 20.5. The largest absolute Gasteiger partial charge is 0.494 e. The molecule has 11 heteroatoms. The van der Waals surface area contributed by atoms with Crippen LogP contribution in [0.15, 0.2) is 67.3 Å². The summed E-state index contributed by atoms with van der Waals surface area (Å²) >= 11 is 0. The Bertz CT molecular complexity index is 1470. The van der Waals surface area contributed by atoms with Crippen LogP contribution in [-0.2, 0) is 17.8 Å². The molecule has 0 saturated carbocycles. The molecule has 0 aliphatic carbocycles. The summed E-state index contributed by atoms with van der Waals surface area (Å²) in [6.45, 7) is 1.45. The molecule has 2 aromatic carbocycles. The number of benzene rings is 2. The van der Waals surface area contributed by atoms with Gasteiger partial charge >= 0.3 is 0 Å². The van der Waals surface area contributed by atoms with Crippen molar-refractivity contribution in [3.63, 3.8) is 0 Å². The maximum Gasteiger partial charge on any atom is 0.252 e. The van der Waals surface area contributed by atoms with Gasteiger partial charge in [-0.3, -0.25) is 14.6 Å². The molecular formula is C27H25N7O4. The summed E-state index contributed by atoms with van der Waals surface area (Å²) in [5, 5.41) is 14.0. The highest BCUT2D eigenvalue weighted by atomic mass is 16.5. The first kappa shape index (κ1) is 23.6. The molecule has 8 bridgehead atoms. The number of ether oxygens (including phenoxy) is 2. The average molecular weight is 512 g/mol. The lowest BCUT2D eigenvalue weighted by atomic mass is 9.87. The molecule has 38 heavy (non-hydrogen) atoms. The smallest absolute Gasteiger partial charge is 0.252 e. The Morgan fingerprint density at radius 1 is 1.08 bits per heavy atom. The summed E-state index contributed by atoms with van der Waals surface area (Å²) in [6.07, 6.45) is 5.81. The average Bonchev–Trinajstić information content (AvgIpc) is 3.45. The lowest BCUT2D eigenvalue weighted by Gasteiger charge is -2.38. The van der Waals surface area contributed by atoms with Crippen LogP contribution in [0.3, 0.4) is 0 Å². The number of rotatable bonds is 2. The zero-order chi connectivity index (χ0) is 25.9. The fraction of sp³-hybridized carbons (Fsp3) is 0.259. The number of amides is 2. The summed E-state index contributed by atoms with van der Waals surface area (Å²) in [5.41, 5.74) is 3.45. The molecule has 3 aliphatic heterocycles. The van der Waals surface area contributed by atoms with Crippen LogP contribution in [-0.4, -0.2) is 61.6 Å². The topological polar surface area (TPSA) is 124 Å². The number of hydrogen-bond acceptors (Lipinski definition) is 8. The molecule has 11 nitrogen and oxygen atoms in total. The maximum atomic E-state index is 13.4. The van der Waals surface area contributed by atoms with Crippen LogP contribution in [0.25, 0.3) is 0 Å². The fourth-order valence-corrected chi connectivity index (χ4v) is 4.85. The van der Waals surface area contributed by atoms with Gasteiger partial charge in [0.05, 0.1) is 24.4 Å². The monoisotopic (exact) mass is 511 g/mol. The van der Waals surface area contributed by atoms with Gasteiger partial charge in [0, 0.05) is 19.3 Å². The number of tetrazole rings is 1. The molecule has 7 rings (SSSR count). The van der Waals surface area contributed by atoms with Gasteiger partial charge in [0.2, 0.25) is 5.91 Å². The second-order valence-electron chi connectivity index (χ2n) is 9.15. The molecule has 2 aromatic heterocycles. The standard InChI is InChI=1S/C27H25N7O4/c35-25(16-33-17-30-31-32-33)34-9-7-18-11-22-5-6-24(18)26(34)19-3-1-4-21(12-19)37-10-2-8-29-27(36)20-13-23(38-22)15-28-14-20/h1,3-6,11-15,17,26H,2,7-10,16H2,(H,29,36). The number of pyridine rings is 1. The Morgan fingerprint density at radius 2 is 2.03 bits per heavy atom. The van der Waals surface area contributed by atoms with E-state index in [9.17, 15) is 9.59 Å². The molecule has 0 fully saturated rings. The van der Waals surface area contributed by atoms with E-state index in [-0.39, 0.29) is 24.4 Å². The number of carbonyl (C=O) groups excluding carboxylic acids is 2. The van der Waals surface area contributed by atoms with Crippen LogP contribution in [0, 0.1) is 0 Å². The first-order chi connectivity index (χ1) is 18.6. The molecule has 1 N–H and O–H groups in total. The van der Waals surface area contributed by atoms with Gasteiger partial charge in [0.15, 0.2) is 0 Å². The Hall–Kier alpha value is -4.80. The van der Waals surface area contributed by atoms with Crippen molar-refractivity contribution in [1.29, 1.82) is 0 Å². The lowest BCUT2D eigenvalue weighted by molar-refractivity contribution is -0.134. The fourth-order valence-electron chi connectivity index (χ4n) is 4.85. The molecule has 2 amide bonds.